The van der Waals surface area contributed by atoms with Gasteiger partial charge in [0.05, 0.1) is 12.3 Å². The highest BCUT2D eigenvalue weighted by molar-refractivity contribution is 8.14. The van der Waals surface area contributed by atoms with Crippen LogP contribution in [0.4, 0.5) is 4.79 Å². The molecule has 0 aliphatic carbocycles. The van der Waals surface area contributed by atoms with Gasteiger partial charge in [-0.3, -0.25) is 10.1 Å². The van der Waals surface area contributed by atoms with Crippen molar-refractivity contribution in [2.75, 3.05) is 12.4 Å². The van der Waals surface area contributed by atoms with Crippen LogP contribution in [0.15, 0.2) is 10.2 Å². The summed E-state index contributed by atoms with van der Waals surface area (Å²) >= 11 is 1.43. The maximum atomic E-state index is 11.6. The van der Waals surface area contributed by atoms with Crippen molar-refractivity contribution in [2.45, 2.75) is 65.4 Å². The molecule has 0 bridgehead atoms. The summed E-state index contributed by atoms with van der Waals surface area (Å²) in [6, 6.07) is 0. The van der Waals surface area contributed by atoms with Gasteiger partial charge in [0.1, 0.15) is 5.60 Å². The zero-order valence-corrected chi connectivity index (χ0v) is 15.7. The largest absolute Gasteiger partial charge is 0.466 e. The van der Waals surface area contributed by atoms with Crippen LogP contribution in [0.1, 0.15) is 59.8 Å². The second-order valence-corrected chi connectivity index (χ2v) is 7.32. The molecule has 0 aromatic carbocycles. The maximum Gasteiger partial charge on any atom is 0.413 e. The summed E-state index contributed by atoms with van der Waals surface area (Å²) in [6.45, 7) is 7.66. The van der Waals surface area contributed by atoms with Crippen LogP contribution in [0.5, 0.6) is 0 Å². The van der Waals surface area contributed by atoms with Crippen LogP contribution in [0.3, 0.4) is 0 Å². The number of carbonyl (C=O) groups is 2. The number of hydrogen-bond donors (Lipinski definition) is 1. The molecule has 0 atom stereocenters. The summed E-state index contributed by atoms with van der Waals surface area (Å²) in [4.78, 5) is 22.8. The van der Waals surface area contributed by atoms with Gasteiger partial charge in [-0.25, -0.2) is 4.79 Å². The lowest BCUT2D eigenvalue weighted by atomic mass is 10.1. The fraction of sp³-hybridized carbons (Fsp3) is 0.750. The van der Waals surface area contributed by atoms with Gasteiger partial charge in [-0.2, -0.15) is 5.10 Å². The molecule has 0 fully saturated rings. The fourth-order valence-electron chi connectivity index (χ4n) is 1.91. The standard InChI is InChI=1S/C16H27N3O4S/c1-5-22-13(20)10-8-6-7-9-12-11-24-14(19-18-12)17-15(21)23-16(2,3)4/h5-11H2,1-4H3,(H,17,19,21). The molecule has 1 rings (SSSR count). The lowest BCUT2D eigenvalue weighted by molar-refractivity contribution is -0.143. The molecule has 1 aliphatic heterocycles. The lowest BCUT2D eigenvalue weighted by Crippen LogP contribution is -2.36. The Balaban J connectivity index is 2.23. The minimum Gasteiger partial charge on any atom is -0.466 e. The summed E-state index contributed by atoms with van der Waals surface area (Å²) < 4.78 is 10.0. The van der Waals surface area contributed by atoms with Crippen molar-refractivity contribution < 1.29 is 19.1 Å². The van der Waals surface area contributed by atoms with E-state index in [1.165, 1.54) is 11.8 Å². The second-order valence-electron chi connectivity index (χ2n) is 6.35. The molecule has 0 saturated carbocycles. The molecule has 0 unspecified atom stereocenters. The molecule has 8 heteroatoms. The van der Waals surface area contributed by atoms with Crippen molar-refractivity contribution in [1.29, 1.82) is 0 Å². The molecule has 24 heavy (non-hydrogen) atoms. The van der Waals surface area contributed by atoms with Gasteiger partial charge in [-0.1, -0.05) is 18.2 Å². The minimum absolute atomic E-state index is 0.134. The van der Waals surface area contributed by atoms with Gasteiger partial charge < -0.3 is 9.47 Å². The zero-order chi connectivity index (χ0) is 18.0. The van der Waals surface area contributed by atoms with E-state index in [2.05, 4.69) is 15.5 Å². The first-order valence-electron chi connectivity index (χ1n) is 8.22. The zero-order valence-electron chi connectivity index (χ0n) is 14.9. The molecule has 7 nitrogen and oxygen atoms in total. The molecule has 1 aliphatic rings. The van der Waals surface area contributed by atoms with Crippen LogP contribution in [-0.4, -0.2) is 40.9 Å². The normalized spacial score (nSPS) is 14.5. The third kappa shape index (κ3) is 9.54. The summed E-state index contributed by atoms with van der Waals surface area (Å²) in [6.07, 6.45) is 3.54. The van der Waals surface area contributed by atoms with Gasteiger partial charge in [0.2, 0.25) is 0 Å². The van der Waals surface area contributed by atoms with E-state index in [9.17, 15) is 9.59 Å². The Kier molecular flexibility index (Phi) is 8.81. The number of rotatable bonds is 7. The quantitative estimate of drug-likeness (QED) is 0.556. The van der Waals surface area contributed by atoms with Crippen LogP contribution < -0.4 is 5.32 Å². The van der Waals surface area contributed by atoms with E-state index in [0.717, 1.165) is 31.4 Å². The number of amides is 1. The van der Waals surface area contributed by atoms with E-state index in [1.807, 2.05) is 6.92 Å². The van der Waals surface area contributed by atoms with E-state index in [0.29, 0.717) is 23.9 Å². The Hall–Kier alpha value is -1.57. The molecule has 0 spiro atoms. The van der Waals surface area contributed by atoms with Crippen LogP contribution in [-0.2, 0) is 14.3 Å². The van der Waals surface area contributed by atoms with E-state index in [4.69, 9.17) is 9.47 Å². The maximum absolute atomic E-state index is 11.6. The second kappa shape index (κ2) is 10.3. The van der Waals surface area contributed by atoms with Gasteiger partial charge in [0, 0.05) is 12.2 Å². The van der Waals surface area contributed by atoms with Gasteiger partial charge >= 0.3 is 12.1 Å². The number of nitrogens with zero attached hydrogens (tertiary/aromatic N) is 2. The van der Waals surface area contributed by atoms with E-state index >= 15 is 0 Å². The fourth-order valence-corrected chi connectivity index (χ4v) is 2.67. The predicted molar refractivity (Wildman–Crippen MR) is 96.4 cm³/mol. The van der Waals surface area contributed by atoms with Gasteiger partial charge in [0.25, 0.3) is 0 Å². The first-order chi connectivity index (χ1) is 11.3. The number of esters is 1. The monoisotopic (exact) mass is 357 g/mol. The van der Waals surface area contributed by atoms with E-state index in [-0.39, 0.29) is 5.97 Å². The smallest absolute Gasteiger partial charge is 0.413 e. The topological polar surface area (TPSA) is 89.4 Å². The minimum atomic E-state index is -0.540. The number of alkyl carbamates (subject to hydrolysis) is 1. The predicted octanol–water partition coefficient (Wildman–Crippen LogP) is 3.48. The average Bonchev–Trinajstić information content (AvgIpc) is 2.47. The molecular formula is C16H27N3O4S. The first-order valence-corrected chi connectivity index (χ1v) is 9.20. The molecule has 0 aromatic rings. The molecule has 0 saturated heterocycles. The Labute approximate surface area is 147 Å². The van der Waals surface area contributed by atoms with Crippen molar-refractivity contribution in [3.05, 3.63) is 0 Å². The summed E-state index contributed by atoms with van der Waals surface area (Å²) in [5, 5.41) is 11.2. The molecule has 1 amide bonds. The molecule has 1 N–H and O–H groups in total. The SMILES string of the molecule is CCOC(=O)CCCCCC1=NN=C(NC(=O)OC(C)(C)C)SC1. The number of nitrogens with one attached hydrogen (secondary N) is 1. The van der Waals surface area contributed by atoms with Crippen LogP contribution in [0, 0.1) is 0 Å². The molecule has 0 aromatic heterocycles. The summed E-state index contributed by atoms with van der Waals surface area (Å²) in [5.74, 6) is 0.567. The van der Waals surface area contributed by atoms with Gasteiger partial charge in [-0.15, -0.1) is 5.10 Å². The highest BCUT2D eigenvalue weighted by atomic mass is 32.2. The van der Waals surface area contributed by atoms with Gasteiger partial charge in [-0.05, 0) is 47.0 Å². The number of unbranched alkanes of at least 4 members (excludes halogenated alkanes) is 2. The van der Waals surface area contributed by atoms with Crippen LogP contribution >= 0.6 is 11.8 Å². The summed E-state index contributed by atoms with van der Waals surface area (Å²) in [7, 11) is 0. The number of hydrogen-bond acceptors (Lipinski definition) is 7. The Morgan fingerprint density at radius 3 is 2.54 bits per heavy atom. The average molecular weight is 357 g/mol. The van der Waals surface area contributed by atoms with Gasteiger partial charge in [0.15, 0.2) is 5.17 Å². The third-order valence-electron chi connectivity index (χ3n) is 2.92. The molecule has 0 radical (unpaired) electrons. The highest BCUT2D eigenvalue weighted by Crippen LogP contribution is 2.15. The van der Waals surface area contributed by atoms with Crippen molar-refractivity contribution in [2.24, 2.45) is 10.2 Å². The first kappa shape index (κ1) is 20.5. The Morgan fingerprint density at radius 1 is 1.21 bits per heavy atom. The Bertz CT molecular complexity index is 498. The lowest BCUT2D eigenvalue weighted by Gasteiger charge is -2.20. The number of ether oxygens (including phenoxy) is 2. The van der Waals surface area contributed by atoms with E-state index in [1.54, 1.807) is 20.8 Å². The highest BCUT2D eigenvalue weighted by Gasteiger charge is 2.19. The van der Waals surface area contributed by atoms with E-state index < -0.39 is 11.7 Å². The van der Waals surface area contributed by atoms with Crippen molar-refractivity contribution in [3.63, 3.8) is 0 Å². The van der Waals surface area contributed by atoms with Crippen molar-refractivity contribution >= 4 is 34.7 Å². The third-order valence-corrected chi connectivity index (χ3v) is 3.85. The number of thioether (sulfide) groups is 1. The van der Waals surface area contributed by atoms with Crippen LogP contribution in [0.25, 0.3) is 0 Å². The number of amidine groups is 1. The molecular weight excluding hydrogens is 330 g/mol. The molecule has 1 heterocycles. The Morgan fingerprint density at radius 2 is 1.96 bits per heavy atom. The number of carbonyl (C=O) groups excluding carboxylic acids is 2. The molecule has 136 valence electrons. The van der Waals surface area contributed by atoms with Crippen molar-refractivity contribution in [1.82, 2.24) is 5.32 Å². The van der Waals surface area contributed by atoms with Crippen molar-refractivity contribution in [3.8, 4) is 0 Å². The summed E-state index contributed by atoms with van der Waals surface area (Å²) in [5.41, 5.74) is 0.452. The van der Waals surface area contributed by atoms with Crippen LogP contribution in [0.2, 0.25) is 0 Å².